The predicted octanol–water partition coefficient (Wildman–Crippen LogP) is 4.97. The maximum atomic E-state index is 13.4. The van der Waals surface area contributed by atoms with Crippen molar-refractivity contribution in [2.75, 3.05) is 16.0 Å². The average Bonchev–Trinajstić information content (AvgIpc) is 3.51. The number of carbonyl (C=O) groups excluding carboxylic acids is 2. The summed E-state index contributed by atoms with van der Waals surface area (Å²) >= 11 is 0. The van der Waals surface area contributed by atoms with Crippen molar-refractivity contribution >= 4 is 45.8 Å². The van der Waals surface area contributed by atoms with Crippen molar-refractivity contribution in [2.24, 2.45) is 0 Å². The van der Waals surface area contributed by atoms with Crippen LogP contribution in [0, 0.1) is 0 Å². The first kappa shape index (κ1) is 20.1. The van der Waals surface area contributed by atoms with Gasteiger partial charge in [0.1, 0.15) is 0 Å². The normalized spacial score (nSPS) is 10.8. The number of hydrogen-bond acceptors (Lipinski definition) is 5. The van der Waals surface area contributed by atoms with E-state index in [9.17, 15) is 9.59 Å². The molecule has 2 heterocycles. The molecule has 2 aromatic heterocycles. The molecule has 2 amide bonds. The van der Waals surface area contributed by atoms with Crippen LogP contribution < -0.4 is 16.0 Å². The van der Waals surface area contributed by atoms with Crippen LogP contribution in [0.5, 0.6) is 0 Å². The maximum Gasteiger partial charge on any atom is 0.291 e. The van der Waals surface area contributed by atoms with Crippen LogP contribution in [0.3, 0.4) is 0 Å². The van der Waals surface area contributed by atoms with Crippen LogP contribution in [0.4, 0.5) is 22.9 Å². The Morgan fingerprint density at radius 1 is 0.909 bits per heavy atom. The number of rotatable bonds is 5. The number of nitrogens with zero attached hydrogens (tertiary/aromatic N) is 2. The molecule has 0 aliphatic carbocycles. The van der Waals surface area contributed by atoms with Crippen LogP contribution in [-0.4, -0.2) is 21.8 Å². The topological polar surface area (TPSA) is 117 Å². The van der Waals surface area contributed by atoms with Crippen LogP contribution in [0.25, 0.3) is 11.0 Å². The molecule has 0 fully saturated rings. The Bertz CT molecular complexity index is 1410. The van der Waals surface area contributed by atoms with Crippen molar-refractivity contribution in [3.05, 3.63) is 103 Å². The van der Waals surface area contributed by atoms with E-state index in [1.165, 1.54) is 11.2 Å². The van der Waals surface area contributed by atoms with Gasteiger partial charge in [-0.05, 0) is 54.6 Å². The Labute approximate surface area is 188 Å². The van der Waals surface area contributed by atoms with E-state index < -0.39 is 0 Å². The summed E-state index contributed by atoms with van der Waals surface area (Å²) in [6.45, 7) is 0. The van der Waals surface area contributed by atoms with Gasteiger partial charge in [0.05, 0.1) is 28.7 Å². The van der Waals surface area contributed by atoms with Gasteiger partial charge in [-0.15, -0.1) is 0 Å². The largest absolute Gasteiger partial charge is 0.448 e. The maximum absolute atomic E-state index is 13.4. The minimum Gasteiger partial charge on any atom is -0.448 e. The summed E-state index contributed by atoms with van der Waals surface area (Å²) in [6, 6.07) is 24.4. The fourth-order valence-corrected chi connectivity index (χ4v) is 3.49. The third-order valence-electron chi connectivity index (χ3n) is 5.10. The summed E-state index contributed by atoms with van der Waals surface area (Å²) in [4.78, 5) is 34.6. The molecular formula is C25H19N5O3. The highest BCUT2D eigenvalue weighted by atomic mass is 16.3. The molecule has 4 N–H and O–H groups in total. The lowest BCUT2D eigenvalue weighted by Crippen LogP contribution is -2.26. The van der Waals surface area contributed by atoms with Gasteiger partial charge in [0.25, 0.3) is 11.8 Å². The predicted molar refractivity (Wildman–Crippen MR) is 127 cm³/mol. The van der Waals surface area contributed by atoms with Crippen molar-refractivity contribution in [1.29, 1.82) is 0 Å². The highest BCUT2D eigenvalue weighted by Gasteiger charge is 2.23. The van der Waals surface area contributed by atoms with Crippen LogP contribution in [0.15, 0.2) is 95.6 Å². The molecule has 5 rings (SSSR count). The van der Waals surface area contributed by atoms with Crippen LogP contribution >= 0.6 is 0 Å². The zero-order valence-electron chi connectivity index (χ0n) is 17.4. The second-order valence-electron chi connectivity index (χ2n) is 7.28. The number of carbonyl (C=O) groups is 2. The van der Waals surface area contributed by atoms with Gasteiger partial charge in [-0.25, -0.2) is 9.88 Å². The molecule has 8 nitrogen and oxygen atoms in total. The molecule has 33 heavy (non-hydrogen) atoms. The molecular weight excluding hydrogens is 418 g/mol. The summed E-state index contributed by atoms with van der Waals surface area (Å²) in [5.41, 5.74) is 9.49. The Balaban J connectivity index is 1.38. The highest BCUT2D eigenvalue weighted by molar-refractivity contribution is 6.12. The molecule has 5 aromatic rings. The smallest absolute Gasteiger partial charge is 0.291 e. The molecule has 8 heteroatoms. The number of imidazole rings is 1. The monoisotopic (exact) mass is 437 g/mol. The van der Waals surface area contributed by atoms with E-state index in [0.717, 1.165) is 5.52 Å². The summed E-state index contributed by atoms with van der Waals surface area (Å²) in [5, 5.41) is 2.79. The lowest BCUT2D eigenvalue weighted by Gasteiger charge is -2.21. The minimum atomic E-state index is -0.375. The first-order chi connectivity index (χ1) is 16.1. The Hall–Kier alpha value is -4.85. The average molecular weight is 437 g/mol. The summed E-state index contributed by atoms with van der Waals surface area (Å²) in [6.07, 6.45) is 1.49. The number of H-pyrrole nitrogens is 1. The Kier molecular flexibility index (Phi) is 5.08. The van der Waals surface area contributed by atoms with Gasteiger partial charge in [0.15, 0.2) is 5.82 Å². The quantitative estimate of drug-likeness (QED) is 0.336. The van der Waals surface area contributed by atoms with Crippen LogP contribution in [-0.2, 0) is 0 Å². The molecule has 0 unspecified atom stereocenters. The number of anilines is 4. The molecule has 0 spiro atoms. The Morgan fingerprint density at radius 2 is 1.67 bits per heavy atom. The highest BCUT2D eigenvalue weighted by Crippen LogP contribution is 2.32. The van der Waals surface area contributed by atoms with E-state index in [2.05, 4.69) is 15.3 Å². The van der Waals surface area contributed by atoms with Gasteiger partial charge in [-0.3, -0.25) is 9.59 Å². The third kappa shape index (κ3) is 3.92. The molecule has 0 aliphatic heterocycles. The molecule has 0 saturated carbocycles. The zero-order valence-corrected chi connectivity index (χ0v) is 17.4. The molecule has 0 radical (unpaired) electrons. The molecule has 0 atom stereocenters. The third-order valence-corrected chi connectivity index (χ3v) is 5.10. The van der Waals surface area contributed by atoms with Crippen molar-refractivity contribution in [3.8, 4) is 0 Å². The van der Waals surface area contributed by atoms with E-state index in [1.807, 2.05) is 24.3 Å². The number of aromatic amines is 1. The molecule has 0 aliphatic rings. The van der Waals surface area contributed by atoms with Crippen molar-refractivity contribution < 1.29 is 14.0 Å². The van der Waals surface area contributed by atoms with E-state index in [1.54, 1.807) is 60.7 Å². The van der Waals surface area contributed by atoms with Gasteiger partial charge >= 0.3 is 0 Å². The van der Waals surface area contributed by atoms with Crippen molar-refractivity contribution in [1.82, 2.24) is 9.97 Å². The first-order valence-electron chi connectivity index (χ1n) is 10.2. The number of benzene rings is 3. The molecule has 162 valence electrons. The summed E-state index contributed by atoms with van der Waals surface area (Å²) in [7, 11) is 0. The van der Waals surface area contributed by atoms with Gasteiger partial charge < -0.3 is 20.5 Å². The minimum absolute atomic E-state index is 0.208. The number of aromatic nitrogens is 2. The van der Waals surface area contributed by atoms with Crippen LogP contribution in [0.2, 0.25) is 0 Å². The van der Waals surface area contributed by atoms with Gasteiger partial charge in [0, 0.05) is 17.3 Å². The number of amides is 2. The number of furan rings is 1. The number of nitrogens with one attached hydrogen (secondary N) is 2. The zero-order chi connectivity index (χ0) is 22.8. The number of fused-ring (bicyclic) bond motifs is 1. The van der Waals surface area contributed by atoms with E-state index in [4.69, 9.17) is 10.2 Å². The van der Waals surface area contributed by atoms with E-state index in [-0.39, 0.29) is 17.6 Å². The lowest BCUT2D eigenvalue weighted by molar-refractivity contribution is 0.0993. The van der Waals surface area contributed by atoms with Crippen LogP contribution in [0.1, 0.15) is 21.0 Å². The fourth-order valence-electron chi connectivity index (χ4n) is 3.49. The second-order valence-corrected chi connectivity index (χ2v) is 7.28. The van der Waals surface area contributed by atoms with E-state index in [0.29, 0.717) is 34.0 Å². The fraction of sp³-hybridized carbons (Fsp3) is 0. The first-order valence-corrected chi connectivity index (χ1v) is 10.2. The number of nitrogens with two attached hydrogens (primary N) is 1. The van der Waals surface area contributed by atoms with E-state index >= 15 is 0 Å². The Morgan fingerprint density at radius 3 is 2.39 bits per heavy atom. The molecule has 0 saturated heterocycles. The number of hydrogen-bond donors (Lipinski definition) is 3. The molecule has 0 bridgehead atoms. The standard InChI is InChI=1S/C25H19N5O3/c26-18-6-1-4-9-21(18)30(22-10-5-15-33-22)25(32)16-11-13-17(14-12-16)27-24(31)23-28-19-7-2-3-8-20(19)29-23/h1-15H,26H2,(H,27,31)(H,28,29). The number of nitrogen functional groups attached to an aromatic ring is 1. The van der Waals surface area contributed by atoms with Gasteiger partial charge in [-0.2, -0.15) is 0 Å². The summed E-state index contributed by atoms with van der Waals surface area (Å²) in [5.74, 6) is -0.141. The van der Waals surface area contributed by atoms with Crippen molar-refractivity contribution in [2.45, 2.75) is 0 Å². The molecule has 3 aromatic carbocycles. The second kappa shape index (κ2) is 8.35. The summed E-state index contributed by atoms with van der Waals surface area (Å²) < 4.78 is 5.48. The SMILES string of the molecule is Nc1ccccc1N(C(=O)c1ccc(NC(=O)c2nc3ccccc3[nH]2)cc1)c1ccco1. The lowest BCUT2D eigenvalue weighted by atomic mass is 10.1. The van der Waals surface area contributed by atoms with Crippen molar-refractivity contribution in [3.63, 3.8) is 0 Å². The van der Waals surface area contributed by atoms with Gasteiger partial charge in [-0.1, -0.05) is 24.3 Å². The number of para-hydroxylation sites is 4. The van der Waals surface area contributed by atoms with Gasteiger partial charge in [0.2, 0.25) is 5.88 Å².